The fourth-order valence-electron chi connectivity index (χ4n) is 3.84. The van der Waals surface area contributed by atoms with Crippen molar-refractivity contribution in [2.24, 2.45) is 0 Å². The van der Waals surface area contributed by atoms with Crippen LogP contribution in [-0.4, -0.2) is 168 Å². The molecule has 200 valence electrons. The van der Waals surface area contributed by atoms with Crippen molar-refractivity contribution in [3.8, 4) is 0 Å². The van der Waals surface area contributed by atoms with E-state index < -0.39 is 112 Å². The molecule has 3 fully saturated rings. The molecule has 3 heterocycles. The lowest BCUT2D eigenvalue weighted by molar-refractivity contribution is -0.340. The van der Waals surface area contributed by atoms with Gasteiger partial charge >= 0.3 is 0 Å². The highest BCUT2D eigenvalue weighted by Crippen LogP contribution is 2.27. The highest BCUT2D eigenvalue weighted by molar-refractivity contribution is 4.92. The van der Waals surface area contributed by atoms with Crippen LogP contribution < -0.4 is 0 Å². The summed E-state index contributed by atoms with van der Waals surface area (Å²) in [7, 11) is 0. The van der Waals surface area contributed by atoms with E-state index in [-0.39, 0.29) is 0 Å². The Morgan fingerprint density at radius 3 is 1.29 bits per heavy atom. The predicted molar refractivity (Wildman–Crippen MR) is 101 cm³/mol. The van der Waals surface area contributed by atoms with E-state index in [1.165, 1.54) is 0 Å². The molecule has 0 amide bonds. The maximum atomic E-state index is 10.2. The molecule has 16 nitrogen and oxygen atoms in total. The van der Waals surface area contributed by atoms with Crippen molar-refractivity contribution in [2.45, 2.75) is 92.1 Å². The van der Waals surface area contributed by atoms with Crippen LogP contribution in [0.25, 0.3) is 0 Å². The Morgan fingerprint density at radius 2 is 0.824 bits per heavy atom. The summed E-state index contributed by atoms with van der Waals surface area (Å²) in [5, 5.41) is 108. The predicted octanol–water partition coefficient (Wildman–Crippen LogP) is -7.57. The molecule has 0 aromatic rings. The average Bonchev–Trinajstić information content (AvgIpc) is 2.82. The van der Waals surface area contributed by atoms with Crippen LogP contribution in [0.4, 0.5) is 0 Å². The van der Waals surface area contributed by atoms with Crippen LogP contribution in [0, 0.1) is 0 Å². The van der Waals surface area contributed by atoms with Gasteiger partial charge in [0.1, 0.15) is 73.2 Å². The van der Waals surface area contributed by atoms with Gasteiger partial charge in [-0.2, -0.15) is 0 Å². The third-order valence-electron chi connectivity index (χ3n) is 6.05. The molecule has 0 unspecified atom stereocenters. The molecule has 3 rings (SSSR count). The summed E-state index contributed by atoms with van der Waals surface area (Å²) >= 11 is 0. The summed E-state index contributed by atoms with van der Waals surface area (Å²) in [6.07, 6.45) is -24.4. The molecule has 0 saturated carbocycles. The van der Waals surface area contributed by atoms with Gasteiger partial charge in [0.05, 0.1) is 19.8 Å². The largest absolute Gasteiger partial charge is 0.394 e. The van der Waals surface area contributed by atoms with E-state index in [9.17, 15) is 56.2 Å². The number of rotatable bonds is 7. The minimum atomic E-state index is -1.82. The Hall–Kier alpha value is -0.640. The van der Waals surface area contributed by atoms with E-state index >= 15 is 0 Å². The Bertz CT molecular complexity index is 639. The molecular weight excluding hydrogens is 472 g/mol. The van der Waals surface area contributed by atoms with Gasteiger partial charge in [0.25, 0.3) is 0 Å². The number of ether oxygens (including phenoxy) is 5. The summed E-state index contributed by atoms with van der Waals surface area (Å²) in [5.41, 5.74) is 0. The highest BCUT2D eigenvalue weighted by Gasteiger charge is 2.48. The van der Waals surface area contributed by atoms with Crippen molar-refractivity contribution in [2.75, 3.05) is 19.8 Å². The third-order valence-corrected chi connectivity index (χ3v) is 6.05. The summed E-state index contributed by atoms with van der Waals surface area (Å²) < 4.78 is 26.1. The van der Waals surface area contributed by atoms with Crippen LogP contribution in [0.3, 0.4) is 0 Å². The second-order valence-electron chi connectivity index (χ2n) is 8.42. The summed E-state index contributed by atoms with van der Waals surface area (Å²) in [5.74, 6) is 0. The number of aliphatic hydroxyl groups excluding tert-OH is 11. The maximum absolute atomic E-state index is 10.2. The number of hydrogen-bond donors (Lipinski definition) is 11. The van der Waals surface area contributed by atoms with Crippen molar-refractivity contribution in [1.29, 1.82) is 0 Å². The zero-order chi connectivity index (χ0) is 25.3. The topological polar surface area (TPSA) is 269 Å². The van der Waals surface area contributed by atoms with E-state index in [1.54, 1.807) is 0 Å². The monoisotopic (exact) mass is 504 g/mol. The molecular formula is C18H32O16. The quantitative estimate of drug-likeness (QED) is 0.154. The van der Waals surface area contributed by atoms with Crippen molar-refractivity contribution in [3.63, 3.8) is 0 Å². The van der Waals surface area contributed by atoms with Gasteiger partial charge in [-0.3, -0.25) is 0 Å². The molecule has 0 aromatic carbocycles. The van der Waals surface area contributed by atoms with E-state index in [0.29, 0.717) is 0 Å². The van der Waals surface area contributed by atoms with Crippen LogP contribution >= 0.6 is 0 Å². The van der Waals surface area contributed by atoms with Gasteiger partial charge in [0.2, 0.25) is 0 Å². The first-order valence-electron chi connectivity index (χ1n) is 10.6. The maximum Gasteiger partial charge on any atom is 0.186 e. The molecule has 0 radical (unpaired) electrons. The van der Waals surface area contributed by atoms with Crippen LogP contribution in [0.2, 0.25) is 0 Å². The van der Waals surface area contributed by atoms with E-state index in [1.807, 2.05) is 0 Å². The Morgan fingerprint density at radius 1 is 0.441 bits per heavy atom. The third kappa shape index (κ3) is 5.68. The fraction of sp³-hybridized carbons (Fsp3) is 1.00. The van der Waals surface area contributed by atoms with Crippen molar-refractivity contribution in [3.05, 3.63) is 0 Å². The second kappa shape index (κ2) is 11.6. The summed E-state index contributed by atoms with van der Waals surface area (Å²) in [4.78, 5) is 0. The Labute approximate surface area is 192 Å². The standard InChI is InChI=1S/C18H32O16/c19-1-4-7(20)11(24)14(27)17(33-4)31-3-6-9(22)12(25)15(28)18(34-6)30-2-5-8(21)10(23)13(26)16(29)32-5/h4-29H,1-3H2/t4-,5-,6-,7-,8-,9-,10-,11+,12+,13-,14-,15-,16-,17+,18+/m1/s1. The van der Waals surface area contributed by atoms with E-state index in [0.717, 1.165) is 0 Å². The summed E-state index contributed by atoms with van der Waals surface area (Å²) in [6.45, 7) is -1.84. The highest BCUT2D eigenvalue weighted by atomic mass is 16.7. The zero-order valence-corrected chi connectivity index (χ0v) is 17.7. The summed E-state index contributed by atoms with van der Waals surface area (Å²) in [6, 6.07) is 0. The lowest BCUT2D eigenvalue weighted by Crippen LogP contribution is -2.62. The molecule has 15 atom stereocenters. The SMILES string of the molecule is OC[C@H]1O[C@H](OC[C@H]2O[C@H](OC[C@H]3O[C@@H](O)[C@H](O)[C@H](O)[C@@H]3O)[C@H](O)[C@@H](O)[C@@H]2O)[C@H](O)[C@@H](O)[C@@H]1O. The molecule has 0 spiro atoms. The normalized spacial score (nSPS) is 52.5. The van der Waals surface area contributed by atoms with Gasteiger partial charge in [-0.15, -0.1) is 0 Å². The number of aliphatic hydroxyl groups is 11. The average molecular weight is 504 g/mol. The minimum absolute atomic E-state index is 0.570. The lowest BCUT2D eigenvalue weighted by atomic mass is 9.98. The molecule has 16 heteroatoms. The van der Waals surface area contributed by atoms with E-state index in [4.69, 9.17) is 23.7 Å². The first kappa shape index (κ1) is 27.9. The van der Waals surface area contributed by atoms with Gasteiger partial charge in [-0.1, -0.05) is 0 Å². The molecule has 3 saturated heterocycles. The fourth-order valence-corrected chi connectivity index (χ4v) is 3.84. The molecule has 11 N–H and O–H groups in total. The van der Waals surface area contributed by atoms with E-state index in [2.05, 4.69) is 0 Å². The zero-order valence-electron chi connectivity index (χ0n) is 17.7. The molecule has 0 bridgehead atoms. The number of hydrogen-bond acceptors (Lipinski definition) is 16. The van der Waals surface area contributed by atoms with Crippen LogP contribution in [-0.2, 0) is 23.7 Å². The first-order valence-corrected chi connectivity index (χ1v) is 10.6. The van der Waals surface area contributed by atoms with Crippen LogP contribution in [0.1, 0.15) is 0 Å². The van der Waals surface area contributed by atoms with Gasteiger partial charge in [-0.05, 0) is 0 Å². The smallest absolute Gasteiger partial charge is 0.186 e. The lowest BCUT2D eigenvalue weighted by Gasteiger charge is -2.43. The van der Waals surface area contributed by atoms with Gasteiger partial charge in [0.15, 0.2) is 18.9 Å². The van der Waals surface area contributed by atoms with Crippen LogP contribution in [0.5, 0.6) is 0 Å². The van der Waals surface area contributed by atoms with Crippen molar-refractivity contribution < 1.29 is 79.9 Å². The second-order valence-corrected chi connectivity index (χ2v) is 8.42. The molecule has 0 aliphatic carbocycles. The Kier molecular flexibility index (Phi) is 9.54. The molecule has 3 aliphatic rings. The Balaban J connectivity index is 1.58. The van der Waals surface area contributed by atoms with Gasteiger partial charge in [-0.25, -0.2) is 0 Å². The molecule has 34 heavy (non-hydrogen) atoms. The first-order chi connectivity index (χ1) is 16.0. The van der Waals surface area contributed by atoms with Crippen molar-refractivity contribution >= 4 is 0 Å². The van der Waals surface area contributed by atoms with Crippen LogP contribution in [0.15, 0.2) is 0 Å². The molecule has 3 aliphatic heterocycles. The van der Waals surface area contributed by atoms with Gasteiger partial charge < -0.3 is 79.9 Å². The molecule has 0 aromatic heterocycles. The van der Waals surface area contributed by atoms with Crippen molar-refractivity contribution in [1.82, 2.24) is 0 Å². The van der Waals surface area contributed by atoms with Gasteiger partial charge in [0, 0.05) is 0 Å². The minimum Gasteiger partial charge on any atom is -0.394 e.